The van der Waals surface area contributed by atoms with E-state index in [0.717, 1.165) is 30.7 Å². The zero-order chi connectivity index (χ0) is 32.3. The molecule has 0 bridgehead atoms. The molecule has 0 radical (unpaired) electrons. The van der Waals surface area contributed by atoms with E-state index in [2.05, 4.69) is 6.58 Å². The summed E-state index contributed by atoms with van der Waals surface area (Å²) >= 11 is 0. The monoisotopic (exact) mass is 616 g/mol. The molecule has 42 heavy (non-hydrogen) atoms. The van der Waals surface area contributed by atoms with Crippen molar-refractivity contribution in [3.63, 3.8) is 0 Å². The summed E-state index contributed by atoms with van der Waals surface area (Å²) in [6.45, 7) is 13.0. The van der Waals surface area contributed by atoms with E-state index < -0.39 is 49.1 Å². The predicted octanol–water partition coefficient (Wildman–Crippen LogP) is 11.1. The van der Waals surface area contributed by atoms with Crippen LogP contribution in [0.15, 0.2) is 115 Å². The van der Waals surface area contributed by atoms with Crippen LogP contribution in [0.5, 0.6) is 0 Å². The number of hydrogen-bond donors (Lipinski definition) is 0. The number of allylic oxidation sites excluding steroid dienone is 11. The van der Waals surface area contributed by atoms with Gasteiger partial charge in [0.15, 0.2) is 0 Å². The van der Waals surface area contributed by atoms with Gasteiger partial charge in [-0.3, -0.25) is 0 Å². The molecule has 0 fully saturated rings. The third-order valence-electron chi connectivity index (χ3n) is 5.09. The summed E-state index contributed by atoms with van der Waals surface area (Å²) in [6.07, 6.45) is 6.22. The molecule has 2 aromatic rings. The third kappa shape index (κ3) is 14.6. The first-order valence-corrected chi connectivity index (χ1v) is 14.7. The molecule has 0 aliphatic rings. The molecule has 0 saturated heterocycles. The highest BCUT2D eigenvalue weighted by Gasteiger charge is 2.32. The molecule has 1 atom stereocenters. The lowest BCUT2D eigenvalue weighted by molar-refractivity contribution is -0.137. The maximum absolute atomic E-state index is 13.9. The number of hydrogen-bond acceptors (Lipinski definition) is 0. The van der Waals surface area contributed by atoms with Crippen LogP contribution in [-0.4, -0.2) is 12.6 Å². The fourth-order valence-corrected chi connectivity index (χ4v) is 5.41. The van der Waals surface area contributed by atoms with Gasteiger partial charge in [-0.2, -0.15) is 13.2 Å². The van der Waals surface area contributed by atoms with Crippen molar-refractivity contribution < 1.29 is 35.1 Å². The first-order chi connectivity index (χ1) is 19.8. The van der Waals surface area contributed by atoms with Gasteiger partial charge >= 0.3 is 6.18 Å². The summed E-state index contributed by atoms with van der Waals surface area (Å²) in [7, 11) is -1.39. The van der Waals surface area contributed by atoms with Crippen molar-refractivity contribution in [2.75, 3.05) is 6.16 Å². The zero-order valence-corrected chi connectivity index (χ0v) is 25.2. The molecule has 0 saturated carbocycles. The van der Waals surface area contributed by atoms with Crippen LogP contribution in [-0.2, 0) is 6.18 Å². The van der Waals surface area contributed by atoms with Gasteiger partial charge in [-0.15, -0.1) is 0 Å². The van der Waals surface area contributed by atoms with Crippen molar-refractivity contribution in [1.82, 2.24) is 0 Å². The van der Waals surface area contributed by atoms with Crippen LogP contribution >= 0.6 is 7.92 Å². The fourth-order valence-electron chi connectivity index (χ4n) is 3.15. The number of halogens is 8. The molecule has 0 aromatic heterocycles. The maximum atomic E-state index is 13.9. The van der Waals surface area contributed by atoms with Gasteiger partial charge in [0.05, 0.1) is 5.56 Å². The Hall–Kier alpha value is -3.25. The van der Waals surface area contributed by atoms with Crippen LogP contribution in [0, 0.1) is 11.6 Å². The van der Waals surface area contributed by atoms with E-state index in [0.29, 0.717) is 23.1 Å². The summed E-state index contributed by atoms with van der Waals surface area (Å²) in [5.74, 6) is -2.28. The second kappa shape index (κ2) is 20.6. The Bertz CT molecular complexity index is 1230. The van der Waals surface area contributed by atoms with E-state index in [9.17, 15) is 35.1 Å². The summed E-state index contributed by atoms with van der Waals surface area (Å²) in [5, 5.41) is 0.876. The average Bonchev–Trinajstić information content (AvgIpc) is 2.94. The molecule has 0 aliphatic carbocycles. The van der Waals surface area contributed by atoms with Gasteiger partial charge in [0.2, 0.25) is 0 Å². The number of benzene rings is 2. The Balaban J connectivity index is 0.00000101. The molecule has 0 N–H and O–H groups in total. The van der Waals surface area contributed by atoms with Crippen LogP contribution in [0.1, 0.15) is 46.6 Å². The van der Waals surface area contributed by atoms with Crippen LogP contribution in [0.25, 0.3) is 0 Å². The lowest BCUT2D eigenvalue weighted by Crippen LogP contribution is -2.18. The Morgan fingerprint density at radius 3 is 2.02 bits per heavy atom. The second-order valence-electron chi connectivity index (χ2n) is 8.20. The highest BCUT2D eigenvalue weighted by atomic mass is 31.1. The molecular weight excluding hydrogens is 579 g/mol. The van der Waals surface area contributed by atoms with Crippen molar-refractivity contribution in [1.29, 1.82) is 0 Å². The van der Waals surface area contributed by atoms with Crippen molar-refractivity contribution in [2.45, 2.75) is 53.6 Å². The van der Waals surface area contributed by atoms with Crippen LogP contribution in [0.3, 0.4) is 0 Å². The Labute approximate surface area is 245 Å². The molecule has 0 nitrogen and oxygen atoms in total. The number of alkyl halides is 5. The van der Waals surface area contributed by atoms with Gasteiger partial charge in [0.25, 0.3) is 6.43 Å². The minimum absolute atomic E-state index is 0.229. The van der Waals surface area contributed by atoms with Crippen molar-refractivity contribution in [3.05, 3.63) is 132 Å². The molecule has 230 valence electrons. The lowest BCUT2D eigenvalue weighted by Gasteiger charge is -2.20. The van der Waals surface area contributed by atoms with Gasteiger partial charge in [-0.1, -0.05) is 87.6 Å². The van der Waals surface area contributed by atoms with Gasteiger partial charge in [0.1, 0.15) is 17.5 Å². The van der Waals surface area contributed by atoms with Gasteiger partial charge in [-0.25, -0.2) is 22.0 Å². The Kier molecular flexibility index (Phi) is 19.0. The molecule has 0 amide bonds. The maximum Gasteiger partial charge on any atom is 0.416 e. The summed E-state index contributed by atoms with van der Waals surface area (Å²) < 4.78 is 103. The van der Waals surface area contributed by atoms with Crippen molar-refractivity contribution >= 4 is 18.5 Å². The molecule has 0 heterocycles. The Morgan fingerprint density at radius 1 is 0.905 bits per heavy atom. The minimum atomic E-state index is -4.65. The molecule has 0 unspecified atom stereocenters. The van der Waals surface area contributed by atoms with E-state index in [1.807, 2.05) is 32.9 Å². The average molecular weight is 617 g/mol. The topological polar surface area (TPSA) is 0 Å². The normalized spacial score (nSPS) is 13.3. The molecular formula is C33H37F8P. The first kappa shape index (κ1) is 38.8. The van der Waals surface area contributed by atoms with Gasteiger partial charge in [-0.05, 0) is 75.2 Å². The largest absolute Gasteiger partial charge is 0.416 e. The summed E-state index contributed by atoms with van der Waals surface area (Å²) in [5.41, 5.74) is -0.911. The summed E-state index contributed by atoms with van der Waals surface area (Å²) in [4.78, 5) is 0. The van der Waals surface area contributed by atoms with E-state index in [-0.39, 0.29) is 5.30 Å². The standard InChI is InChI=1S/C22H20F5P.C9H11F3.C2H6/c1-3-4-5-6-7-16(2)15-28(20-10-8-18(23)9-11-20)21-13-17(22(25,26)27)12-19(24)14-21;1-3-5-6-8(10)7(4-2)9(11)12;1-2/h4-14H,2-3,15H2,1H3;3-6,9H,1-2H3;1-2H3/b5-4-,7-6-;5-3+,7-4+,8-6+;/t28-;;/m0../s1. The molecule has 2 aromatic carbocycles. The highest BCUT2D eigenvalue weighted by Crippen LogP contribution is 2.38. The second-order valence-corrected chi connectivity index (χ2v) is 10.4. The van der Waals surface area contributed by atoms with E-state index in [1.54, 1.807) is 25.2 Å². The van der Waals surface area contributed by atoms with Crippen molar-refractivity contribution in [3.8, 4) is 0 Å². The molecule has 2 rings (SSSR count). The van der Waals surface area contributed by atoms with E-state index in [1.165, 1.54) is 37.3 Å². The number of rotatable bonds is 10. The highest BCUT2D eigenvalue weighted by molar-refractivity contribution is 7.73. The van der Waals surface area contributed by atoms with E-state index >= 15 is 0 Å². The molecule has 0 spiro atoms. The van der Waals surface area contributed by atoms with Crippen LogP contribution in [0.2, 0.25) is 0 Å². The van der Waals surface area contributed by atoms with Crippen LogP contribution < -0.4 is 10.6 Å². The Morgan fingerprint density at radius 2 is 1.52 bits per heavy atom. The van der Waals surface area contributed by atoms with Gasteiger partial charge in [0, 0.05) is 11.7 Å². The predicted molar refractivity (Wildman–Crippen MR) is 162 cm³/mol. The minimum Gasteiger partial charge on any atom is -0.207 e. The molecule has 9 heteroatoms. The van der Waals surface area contributed by atoms with Crippen LogP contribution in [0.4, 0.5) is 35.1 Å². The molecule has 0 aliphatic heterocycles. The summed E-state index contributed by atoms with van der Waals surface area (Å²) in [6, 6.07) is 8.09. The SMILES string of the molecule is C/C=C/C=C(F)\C(=C/C)C(F)F.C=C(/C=C\C=C/CC)C[P@@](c1ccc(F)cc1)c1cc(F)cc(C(F)(F)F)c1.CC. The zero-order valence-electron chi connectivity index (χ0n) is 24.3. The lowest BCUT2D eigenvalue weighted by atomic mass is 10.2. The quantitative estimate of drug-likeness (QED) is 0.142. The third-order valence-corrected chi connectivity index (χ3v) is 7.62. The van der Waals surface area contributed by atoms with Gasteiger partial charge < -0.3 is 0 Å². The smallest absolute Gasteiger partial charge is 0.207 e. The first-order valence-electron chi connectivity index (χ1n) is 13.2. The van der Waals surface area contributed by atoms with Crippen molar-refractivity contribution in [2.24, 2.45) is 0 Å². The van der Waals surface area contributed by atoms with E-state index in [4.69, 9.17) is 0 Å². The fraction of sp³-hybridized carbons (Fsp3) is 0.273.